The molecule has 0 radical (unpaired) electrons. The third kappa shape index (κ3) is 0.962. The van der Waals surface area contributed by atoms with Gasteiger partial charge in [0.05, 0.1) is 6.10 Å². The van der Waals surface area contributed by atoms with Gasteiger partial charge in [-0.25, -0.2) is 0 Å². The fourth-order valence-electron chi connectivity index (χ4n) is 3.69. The molecule has 0 unspecified atom stereocenters. The lowest BCUT2D eigenvalue weighted by atomic mass is 9.69. The van der Waals surface area contributed by atoms with Gasteiger partial charge in [0.15, 0.2) is 0 Å². The van der Waals surface area contributed by atoms with E-state index in [-0.39, 0.29) is 11.6 Å². The number of hydrogen-bond donors (Lipinski definition) is 2. The maximum atomic E-state index is 9.32. The molecule has 2 heteroatoms. The second-order valence-electron chi connectivity index (χ2n) is 6.17. The Morgan fingerprint density at radius 1 is 1.08 bits per heavy atom. The summed E-state index contributed by atoms with van der Waals surface area (Å²) in [6, 6.07) is 0. The molecule has 0 heterocycles. The van der Waals surface area contributed by atoms with E-state index in [1.165, 1.54) is 0 Å². The topological polar surface area (TPSA) is 46.2 Å². The van der Waals surface area contributed by atoms with E-state index >= 15 is 0 Å². The highest BCUT2D eigenvalue weighted by Gasteiger charge is 2.72. The molecular formula is C11H21NO. The summed E-state index contributed by atoms with van der Waals surface area (Å²) in [6.07, 6.45) is 1.45. The van der Waals surface area contributed by atoms with Crippen LogP contribution in [-0.4, -0.2) is 16.7 Å². The first-order valence-electron chi connectivity index (χ1n) is 5.19. The molecule has 0 aliphatic heterocycles. The monoisotopic (exact) mass is 183 g/mol. The second-order valence-corrected chi connectivity index (χ2v) is 6.17. The molecule has 2 rings (SSSR count). The van der Waals surface area contributed by atoms with Gasteiger partial charge in [-0.2, -0.15) is 0 Å². The Bertz CT molecular complexity index is 224. The van der Waals surface area contributed by atoms with Gasteiger partial charge in [0, 0.05) is 5.54 Å². The van der Waals surface area contributed by atoms with Gasteiger partial charge in [-0.15, -0.1) is 0 Å². The Hall–Kier alpha value is -0.0800. The van der Waals surface area contributed by atoms with Gasteiger partial charge >= 0.3 is 0 Å². The van der Waals surface area contributed by atoms with E-state index in [0.29, 0.717) is 16.7 Å². The molecule has 2 aliphatic carbocycles. The maximum Gasteiger partial charge on any atom is 0.0575 e. The normalized spacial score (nSPS) is 47.1. The first-order chi connectivity index (χ1) is 5.72. The molecule has 0 amide bonds. The SMILES string of the molecule is CC1(C)C(C2(N)CC(O)C2)C1(C)C. The molecule has 2 nitrogen and oxygen atoms in total. The van der Waals surface area contributed by atoms with Gasteiger partial charge in [-0.05, 0) is 29.6 Å². The van der Waals surface area contributed by atoms with Crippen LogP contribution in [0.3, 0.4) is 0 Å². The maximum absolute atomic E-state index is 9.32. The van der Waals surface area contributed by atoms with Crippen LogP contribution in [0.4, 0.5) is 0 Å². The average Bonchev–Trinajstić information content (AvgIpc) is 2.20. The second kappa shape index (κ2) is 2.12. The Morgan fingerprint density at radius 3 is 1.69 bits per heavy atom. The van der Waals surface area contributed by atoms with Crippen molar-refractivity contribution < 1.29 is 5.11 Å². The molecule has 2 fully saturated rings. The molecule has 3 N–H and O–H groups in total. The zero-order chi connectivity index (χ0) is 10.1. The zero-order valence-corrected chi connectivity index (χ0v) is 9.09. The molecule has 0 saturated heterocycles. The van der Waals surface area contributed by atoms with E-state index in [2.05, 4.69) is 27.7 Å². The molecule has 13 heavy (non-hydrogen) atoms. The fraction of sp³-hybridized carbons (Fsp3) is 1.00. The molecule has 0 aromatic rings. The number of rotatable bonds is 1. The van der Waals surface area contributed by atoms with Crippen LogP contribution in [0, 0.1) is 16.7 Å². The standard InChI is InChI=1S/C11H21NO/c1-9(2)8(10(9,3)4)11(12)5-7(13)6-11/h7-8,13H,5-6,12H2,1-4H3. The van der Waals surface area contributed by atoms with Crippen molar-refractivity contribution >= 4 is 0 Å². The summed E-state index contributed by atoms with van der Waals surface area (Å²) in [7, 11) is 0. The molecule has 76 valence electrons. The lowest BCUT2D eigenvalue weighted by Crippen LogP contribution is -2.57. The van der Waals surface area contributed by atoms with Crippen LogP contribution in [0.15, 0.2) is 0 Å². The van der Waals surface area contributed by atoms with Crippen molar-refractivity contribution in [2.45, 2.75) is 52.2 Å². The highest BCUT2D eigenvalue weighted by atomic mass is 16.3. The summed E-state index contributed by atoms with van der Waals surface area (Å²) in [6.45, 7) is 9.15. The molecule has 2 aliphatic rings. The van der Waals surface area contributed by atoms with Crippen molar-refractivity contribution in [1.29, 1.82) is 0 Å². The fourth-order valence-corrected chi connectivity index (χ4v) is 3.69. The lowest BCUT2D eigenvalue weighted by Gasteiger charge is -2.44. The largest absolute Gasteiger partial charge is 0.393 e. The Labute approximate surface area is 80.5 Å². The van der Waals surface area contributed by atoms with Crippen LogP contribution in [0.1, 0.15) is 40.5 Å². The van der Waals surface area contributed by atoms with Crippen molar-refractivity contribution in [1.82, 2.24) is 0 Å². The Kier molecular flexibility index (Phi) is 1.54. The molecule has 2 saturated carbocycles. The van der Waals surface area contributed by atoms with Crippen molar-refractivity contribution in [3.63, 3.8) is 0 Å². The predicted molar refractivity (Wildman–Crippen MR) is 53.2 cm³/mol. The van der Waals surface area contributed by atoms with Crippen LogP contribution in [-0.2, 0) is 0 Å². The van der Waals surface area contributed by atoms with E-state index in [1.807, 2.05) is 0 Å². The van der Waals surface area contributed by atoms with Gasteiger partial charge in [-0.1, -0.05) is 27.7 Å². The number of aliphatic hydroxyl groups excluding tert-OH is 1. The first-order valence-corrected chi connectivity index (χ1v) is 5.19. The minimum absolute atomic E-state index is 0.0770. The highest BCUT2D eigenvalue weighted by molar-refractivity contribution is 5.24. The predicted octanol–water partition coefficient (Wildman–Crippen LogP) is 1.52. The van der Waals surface area contributed by atoms with Crippen molar-refractivity contribution in [3.05, 3.63) is 0 Å². The van der Waals surface area contributed by atoms with Crippen LogP contribution in [0.25, 0.3) is 0 Å². The summed E-state index contributed by atoms with van der Waals surface area (Å²) in [5.74, 6) is 0.580. The van der Waals surface area contributed by atoms with Crippen molar-refractivity contribution in [2.24, 2.45) is 22.5 Å². The number of nitrogens with two attached hydrogens (primary N) is 1. The van der Waals surface area contributed by atoms with E-state index in [1.54, 1.807) is 0 Å². The third-order valence-corrected chi connectivity index (χ3v) is 4.83. The molecule has 0 bridgehead atoms. The van der Waals surface area contributed by atoms with Gasteiger partial charge in [-0.3, -0.25) is 0 Å². The lowest BCUT2D eigenvalue weighted by molar-refractivity contribution is 0.00217. The van der Waals surface area contributed by atoms with Crippen molar-refractivity contribution in [2.75, 3.05) is 0 Å². The van der Waals surface area contributed by atoms with Gasteiger partial charge in [0.1, 0.15) is 0 Å². The van der Waals surface area contributed by atoms with E-state index in [9.17, 15) is 5.11 Å². The molecule has 0 aromatic heterocycles. The van der Waals surface area contributed by atoms with Crippen molar-refractivity contribution in [3.8, 4) is 0 Å². The third-order valence-electron chi connectivity index (χ3n) is 4.83. The summed E-state index contributed by atoms with van der Waals surface area (Å²) in [5, 5.41) is 9.32. The van der Waals surface area contributed by atoms with Gasteiger partial charge < -0.3 is 10.8 Å². The molecule has 0 spiro atoms. The van der Waals surface area contributed by atoms with Crippen LogP contribution < -0.4 is 5.73 Å². The summed E-state index contributed by atoms with van der Waals surface area (Å²) in [4.78, 5) is 0. The smallest absolute Gasteiger partial charge is 0.0575 e. The van der Waals surface area contributed by atoms with Gasteiger partial charge in [0.2, 0.25) is 0 Å². The van der Waals surface area contributed by atoms with E-state index in [4.69, 9.17) is 5.73 Å². The Morgan fingerprint density at radius 2 is 1.46 bits per heavy atom. The molecule has 0 atom stereocenters. The Balaban J connectivity index is 2.14. The van der Waals surface area contributed by atoms with E-state index in [0.717, 1.165) is 12.8 Å². The van der Waals surface area contributed by atoms with Crippen LogP contribution >= 0.6 is 0 Å². The summed E-state index contributed by atoms with van der Waals surface area (Å²) in [5.41, 5.74) is 6.91. The number of hydrogen-bond acceptors (Lipinski definition) is 2. The van der Waals surface area contributed by atoms with Crippen LogP contribution in [0.2, 0.25) is 0 Å². The first kappa shape index (κ1) is 9.47. The minimum atomic E-state index is -0.141. The molecular weight excluding hydrogens is 162 g/mol. The summed E-state index contributed by atoms with van der Waals surface area (Å²) >= 11 is 0. The summed E-state index contributed by atoms with van der Waals surface area (Å²) < 4.78 is 0. The van der Waals surface area contributed by atoms with Gasteiger partial charge in [0.25, 0.3) is 0 Å². The number of aliphatic hydroxyl groups is 1. The zero-order valence-electron chi connectivity index (χ0n) is 9.09. The highest BCUT2D eigenvalue weighted by Crippen LogP contribution is 2.74. The quantitative estimate of drug-likeness (QED) is 0.647. The minimum Gasteiger partial charge on any atom is -0.393 e. The van der Waals surface area contributed by atoms with Crippen LogP contribution in [0.5, 0.6) is 0 Å². The average molecular weight is 183 g/mol. The molecule has 0 aromatic carbocycles. The van der Waals surface area contributed by atoms with E-state index < -0.39 is 0 Å².